The van der Waals surface area contributed by atoms with E-state index in [1.165, 1.54) is 0 Å². The first-order valence-corrected chi connectivity index (χ1v) is 7.82. The molecular formula is C17H25N3O2. The van der Waals surface area contributed by atoms with E-state index in [2.05, 4.69) is 29.7 Å². The molecule has 1 aromatic carbocycles. The van der Waals surface area contributed by atoms with Crippen LogP contribution < -0.4 is 10.7 Å². The molecule has 1 aromatic rings. The van der Waals surface area contributed by atoms with Gasteiger partial charge in [0.15, 0.2) is 0 Å². The Morgan fingerprint density at radius 3 is 2.36 bits per heavy atom. The van der Waals surface area contributed by atoms with Crippen LogP contribution in [0, 0.1) is 5.92 Å². The van der Waals surface area contributed by atoms with Gasteiger partial charge in [0.05, 0.1) is 12.8 Å². The van der Waals surface area contributed by atoms with Gasteiger partial charge in [-0.1, -0.05) is 57.0 Å². The third-order valence-electron chi connectivity index (χ3n) is 3.27. The normalized spacial score (nSPS) is 10.9. The highest BCUT2D eigenvalue weighted by Gasteiger charge is 2.16. The molecule has 0 unspecified atom stereocenters. The van der Waals surface area contributed by atoms with E-state index < -0.39 is 0 Å². The third kappa shape index (κ3) is 7.02. The standard InChI is InChI=1S/C17H25N3O2/c1-3-8-15(9-4-2)17(22)18-13-16(21)20-19-12-14-10-6-5-7-11-14/h5-7,10-12,15H,3-4,8-9,13H2,1-2H3,(H,18,22)(H,20,21)/b19-12+. The second kappa shape index (κ2) is 10.5. The maximum absolute atomic E-state index is 12.0. The molecule has 0 fully saturated rings. The number of hydrogen-bond donors (Lipinski definition) is 2. The number of hydrazone groups is 1. The minimum Gasteiger partial charge on any atom is -0.347 e. The van der Waals surface area contributed by atoms with Gasteiger partial charge in [0.1, 0.15) is 0 Å². The van der Waals surface area contributed by atoms with Gasteiger partial charge >= 0.3 is 0 Å². The summed E-state index contributed by atoms with van der Waals surface area (Å²) >= 11 is 0. The van der Waals surface area contributed by atoms with Crippen molar-refractivity contribution in [3.63, 3.8) is 0 Å². The summed E-state index contributed by atoms with van der Waals surface area (Å²) in [6, 6.07) is 9.47. The van der Waals surface area contributed by atoms with E-state index >= 15 is 0 Å². The molecule has 0 aliphatic carbocycles. The van der Waals surface area contributed by atoms with E-state index in [-0.39, 0.29) is 24.3 Å². The molecule has 0 radical (unpaired) electrons. The van der Waals surface area contributed by atoms with Gasteiger partial charge in [0.2, 0.25) is 5.91 Å². The highest BCUT2D eigenvalue weighted by Crippen LogP contribution is 2.13. The number of hydrogen-bond acceptors (Lipinski definition) is 3. The molecule has 1 rings (SSSR count). The first kappa shape index (κ1) is 17.9. The summed E-state index contributed by atoms with van der Waals surface area (Å²) in [5.74, 6) is -0.381. The SMILES string of the molecule is CCCC(CCC)C(=O)NCC(=O)N/N=C/c1ccccc1. The smallest absolute Gasteiger partial charge is 0.259 e. The topological polar surface area (TPSA) is 70.6 Å². The fourth-order valence-electron chi connectivity index (χ4n) is 2.17. The summed E-state index contributed by atoms with van der Waals surface area (Å²) in [5.41, 5.74) is 3.31. The Labute approximate surface area is 132 Å². The summed E-state index contributed by atoms with van der Waals surface area (Å²) < 4.78 is 0. The van der Waals surface area contributed by atoms with Crippen molar-refractivity contribution in [2.24, 2.45) is 11.0 Å². The van der Waals surface area contributed by atoms with Gasteiger partial charge in [-0.05, 0) is 18.4 Å². The maximum Gasteiger partial charge on any atom is 0.259 e. The zero-order chi connectivity index (χ0) is 16.2. The van der Waals surface area contributed by atoms with Crippen LogP contribution in [0.3, 0.4) is 0 Å². The van der Waals surface area contributed by atoms with Crippen LogP contribution in [0.4, 0.5) is 0 Å². The van der Waals surface area contributed by atoms with Crippen molar-refractivity contribution < 1.29 is 9.59 Å². The summed E-state index contributed by atoms with van der Waals surface area (Å²) in [7, 11) is 0. The van der Waals surface area contributed by atoms with Crippen LogP contribution in [0.25, 0.3) is 0 Å². The van der Waals surface area contributed by atoms with E-state index in [0.717, 1.165) is 31.2 Å². The molecule has 0 aliphatic rings. The minimum atomic E-state index is -0.327. The zero-order valence-corrected chi connectivity index (χ0v) is 13.3. The number of benzene rings is 1. The fourth-order valence-corrected chi connectivity index (χ4v) is 2.17. The molecule has 5 heteroatoms. The average molecular weight is 303 g/mol. The average Bonchev–Trinajstić information content (AvgIpc) is 2.53. The first-order chi connectivity index (χ1) is 10.7. The predicted octanol–water partition coefficient (Wildman–Crippen LogP) is 2.47. The predicted molar refractivity (Wildman–Crippen MR) is 88.5 cm³/mol. The van der Waals surface area contributed by atoms with Crippen molar-refractivity contribution >= 4 is 18.0 Å². The lowest BCUT2D eigenvalue weighted by atomic mass is 9.97. The number of nitrogens with zero attached hydrogens (tertiary/aromatic N) is 1. The van der Waals surface area contributed by atoms with Gasteiger partial charge in [-0.2, -0.15) is 5.10 Å². The highest BCUT2D eigenvalue weighted by molar-refractivity contribution is 5.87. The number of amides is 2. The van der Waals surface area contributed by atoms with Crippen LogP contribution in [0.5, 0.6) is 0 Å². The Morgan fingerprint density at radius 1 is 1.14 bits per heavy atom. The maximum atomic E-state index is 12.0. The van der Waals surface area contributed by atoms with Gasteiger partial charge < -0.3 is 5.32 Å². The molecule has 0 aliphatic heterocycles. The van der Waals surface area contributed by atoms with Gasteiger partial charge in [0, 0.05) is 5.92 Å². The van der Waals surface area contributed by atoms with Crippen LogP contribution >= 0.6 is 0 Å². The molecule has 22 heavy (non-hydrogen) atoms. The minimum absolute atomic E-state index is 0.00406. The van der Waals surface area contributed by atoms with Gasteiger partial charge in [-0.15, -0.1) is 0 Å². The molecule has 0 spiro atoms. The summed E-state index contributed by atoms with van der Waals surface area (Å²) in [4.78, 5) is 23.6. The molecule has 0 aromatic heterocycles. The van der Waals surface area contributed by atoms with E-state index in [1.807, 2.05) is 30.3 Å². The van der Waals surface area contributed by atoms with Crippen LogP contribution in [-0.4, -0.2) is 24.6 Å². The Balaban J connectivity index is 2.32. The van der Waals surface area contributed by atoms with Crippen LogP contribution in [0.15, 0.2) is 35.4 Å². The molecule has 0 bridgehead atoms. The number of rotatable bonds is 9. The van der Waals surface area contributed by atoms with Gasteiger partial charge in [-0.25, -0.2) is 5.43 Å². The monoisotopic (exact) mass is 303 g/mol. The molecular weight excluding hydrogens is 278 g/mol. The fraction of sp³-hybridized carbons (Fsp3) is 0.471. The van der Waals surface area contributed by atoms with Crippen molar-refractivity contribution in [3.8, 4) is 0 Å². The lowest BCUT2D eigenvalue weighted by Crippen LogP contribution is -2.38. The van der Waals surface area contributed by atoms with E-state index in [9.17, 15) is 9.59 Å². The Bertz CT molecular complexity index is 480. The third-order valence-corrected chi connectivity index (χ3v) is 3.27. The molecule has 120 valence electrons. The molecule has 2 N–H and O–H groups in total. The number of carbonyl (C=O) groups excluding carboxylic acids is 2. The van der Waals surface area contributed by atoms with Crippen LogP contribution in [0.2, 0.25) is 0 Å². The molecule has 0 atom stereocenters. The first-order valence-electron chi connectivity index (χ1n) is 7.82. The van der Waals surface area contributed by atoms with E-state index in [0.29, 0.717) is 0 Å². The Kier molecular flexibility index (Phi) is 8.57. The molecule has 5 nitrogen and oxygen atoms in total. The van der Waals surface area contributed by atoms with Crippen molar-refractivity contribution in [2.75, 3.05) is 6.54 Å². The van der Waals surface area contributed by atoms with Crippen LogP contribution in [-0.2, 0) is 9.59 Å². The molecule has 0 heterocycles. The molecule has 0 saturated carbocycles. The van der Waals surface area contributed by atoms with E-state index in [1.54, 1.807) is 6.21 Å². The second-order valence-electron chi connectivity index (χ2n) is 5.20. The van der Waals surface area contributed by atoms with Gasteiger partial charge in [-0.3, -0.25) is 9.59 Å². The summed E-state index contributed by atoms with van der Waals surface area (Å²) in [6.45, 7) is 4.07. The number of nitrogens with one attached hydrogen (secondary N) is 2. The van der Waals surface area contributed by atoms with Gasteiger partial charge in [0.25, 0.3) is 5.91 Å². The van der Waals surface area contributed by atoms with Crippen molar-refractivity contribution in [1.29, 1.82) is 0 Å². The summed E-state index contributed by atoms with van der Waals surface area (Å²) in [6.07, 6.45) is 5.20. The van der Waals surface area contributed by atoms with Crippen LogP contribution in [0.1, 0.15) is 45.1 Å². The second-order valence-corrected chi connectivity index (χ2v) is 5.20. The zero-order valence-electron chi connectivity index (χ0n) is 13.3. The quantitative estimate of drug-likeness (QED) is 0.543. The van der Waals surface area contributed by atoms with Crippen molar-refractivity contribution in [1.82, 2.24) is 10.7 Å². The largest absolute Gasteiger partial charge is 0.347 e. The molecule has 2 amide bonds. The Morgan fingerprint density at radius 2 is 1.77 bits per heavy atom. The van der Waals surface area contributed by atoms with Crippen molar-refractivity contribution in [2.45, 2.75) is 39.5 Å². The lowest BCUT2D eigenvalue weighted by molar-refractivity contribution is -0.128. The Hall–Kier alpha value is -2.17. The van der Waals surface area contributed by atoms with Crippen molar-refractivity contribution in [3.05, 3.63) is 35.9 Å². The highest BCUT2D eigenvalue weighted by atomic mass is 16.2. The number of carbonyl (C=O) groups is 2. The summed E-state index contributed by atoms with van der Waals surface area (Å²) in [5, 5.41) is 6.54. The molecule has 0 saturated heterocycles. The van der Waals surface area contributed by atoms with E-state index in [4.69, 9.17) is 0 Å². The lowest BCUT2D eigenvalue weighted by Gasteiger charge is -2.14.